The lowest BCUT2D eigenvalue weighted by molar-refractivity contribution is 0.213. The van der Waals surface area contributed by atoms with Gasteiger partial charge < -0.3 is 10.6 Å². The lowest BCUT2D eigenvalue weighted by Gasteiger charge is -2.36. The van der Waals surface area contributed by atoms with E-state index in [1.807, 2.05) is 12.1 Å². The second-order valence-electron chi connectivity index (χ2n) is 6.27. The zero-order valence-electron chi connectivity index (χ0n) is 12.1. The Morgan fingerprint density at radius 1 is 1.15 bits per heavy atom. The minimum Gasteiger partial charge on any atom is -0.314 e. The zero-order valence-corrected chi connectivity index (χ0v) is 12.8. The molecular formula is C17H25ClN2. The number of hydrogen-bond acceptors (Lipinski definition) is 2. The Hall–Kier alpha value is -0.570. The summed E-state index contributed by atoms with van der Waals surface area (Å²) in [6.07, 6.45) is 8.19. The summed E-state index contributed by atoms with van der Waals surface area (Å²) >= 11 is 6.06. The van der Waals surface area contributed by atoms with Crippen LogP contribution in [0.3, 0.4) is 0 Å². The van der Waals surface area contributed by atoms with E-state index in [9.17, 15) is 0 Å². The molecule has 110 valence electrons. The molecule has 2 N–H and O–H groups in total. The van der Waals surface area contributed by atoms with E-state index in [4.69, 9.17) is 11.6 Å². The van der Waals surface area contributed by atoms with Crippen LogP contribution in [-0.4, -0.2) is 18.6 Å². The van der Waals surface area contributed by atoms with Crippen LogP contribution in [0.15, 0.2) is 24.3 Å². The van der Waals surface area contributed by atoms with Crippen molar-refractivity contribution >= 4 is 11.6 Å². The Labute approximate surface area is 127 Å². The lowest BCUT2D eigenvalue weighted by atomic mass is 9.79. The molecule has 0 amide bonds. The van der Waals surface area contributed by atoms with Crippen LogP contribution in [-0.2, 0) is 6.54 Å². The SMILES string of the molecule is Clc1cccc(CNC2CCCCC2C2CCCN2)c1. The average Bonchev–Trinajstić information content (AvgIpc) is 3.00. The highest BCUT2D eigenvalue weighted by Crippen LogP contribution is 2.30. The van der Waals surface area contributed by atoms with Gasteiger partial charge in [-0.25, -0.2) is 0 Å². The monoisotopic (exact) mass is 292 g/mol. The number of benzene rings is 1. The molecule has 3 atom stereocenters. The van der Waals surface area contributed by atoms with E-state index in [-0.39, 0.29) is 0 Å². The zero-order chi connectivity index (χ0) is 13.8. The molecule has 3 heteroatoms. The fourth-order valence-corrected chi connectivity index (χ4v) is 4.08. The van der Waals surface area contributed by atoms with Crippen molar-refractivity contribution in [2.24, 2.45) is 5.92 Å². The average molecular weight is 293 g/mol. The van der Waals surface area contributed by atoms with Gasteiger partial charge in [-0.2, -0.15) is 0 Å². The van der Waals surface area contributed by atoms with E-state index in [1.54, 1.807) is 0 Å². The summed E-state index contributed by atoms with van der Waals surface area (Å²) in [6, 6.07) is 9.61. The minimum atomic E-state index is 0.665. The van der Waals surface area contributed by atoms with Gasteiger partial charge in [0.2, 0.25) is 0 Å². The summed E-state index contributed by atoms with van der Waals surface area (Å²) in [6.45, 7) is 2.15. The summed E-state index contributed by atoms with van der Waals surface area (Å²) in [5.41, 5.74) is 1.29. The van der Waals surface area contributed by atoms with E-state index >= 15 is 0 Å². The van der Waals surface area contributed by atoms with Crippen LogP contribution in [0.25, 0.3) is 0 Å². The third-order valence-electron chi connectivity index (χ3n) is 4.89. The first kappa shape index (κ1) is 14.4. The molecule has 1 heterocycles. The Morgan fingerprint density at radius 2 is 2.05 bits per heavy atom. The smallest absolute Gasteiger partial charge is 0.0409 e. The lowest BCUT2D eigenvalue weighted by Crippen LogP contribution is -2.46. The fourth-order valence-electron chi connectivity index (χ4n) is 3.87. The second-order valence-corrected chi connectivity index (χ2v) is 6.70. The third kappa shape index (κ3) is 3.55. The van der Waals surface area contributed by atoms with Gasteiger partial charge in [0.25, 0.3) is 0 Å². The summed E-state index contributed by atoms with van der Waals surface area (Å²) in [7, 11) is 0. The summed E-state index contributed by atoms with van der Waals surface area (Å²) < 4.78 is 0. The maximum atomic E-state index is 6.06. The number of rotatable bonds is 4. The predicted molar refractivity (Wildman–Crippen MR) is 85.1 cm³/mol. The molecule has 2 fully saturated rings. The van der Waals surface area contributed by atoms with Gasteiger partial charge in [-0.1, -0.05) is 36.6 Å². The molecule has 1 saturated carbocycles. The van der Waals surface area contributed by atoms with E-state index in [0.717, 1.165) is 23.5 Å². The largest absolute Gasteiger partial charge is 0.314 e. The highest BCUT2D eigenvalue weighted by molar-refractivity contribution is 6.30. The topological polar surface area (TPSA) is 24.1 Å². The van der Waals surface area contributed by atoms with Gasteiger partial charge in [0, 0.05) is 23.7 Å². The van der Waals surface area contributed by atoms with Crippen LogP contribution in [0.5, 0.6) is 0 Å². The summed E-state index contributed by atoms with van der Waals surface area (Å²) in [4.78, 5) is 0. The van der Waals surface area contributed by atoms with Crippen molar-refractivity contribution in [3.63, 3.8) is 0 Å². The quantitative estimate of drug-likeness (QED) is 0.883. The maximum absolute atomic E-state index is 6.06. The highest BCUT2D eigenvalue weighted by Gasteiger charge is 2.32. The third-order valence-corrected chi connectivity index (χ3v) is 5.13. The van der Waals surface area contributed by atoms with Crippen molar-refractivity contribution in [1.29, 1.82) is 0 Å². The first-order valence-electron chi connectivity index (χ1n) is 8.04. The molecule has 3 unspecified atom stereocenters. The Morgan fingerprint density at radius 3 is 2.85 bits per heavy atom. The highest BCUT2D eigenvalue weighted by atomic mass is 35.5. The molecule has 1 aromatic rings. The van der Waals surface area contributed by atoms with E-state index in [1.165, 1.54) is 50.6 Å². The Kier molecular flexibility index (Phi) is 4.98. The summed E-state index contributed by atoms with van der Waals surface area (Å²) in [5, 5.41) is 8.33. The van der Waals surface area contributed by atoms with Crippen LogP contribution >= 0.6 is 11.6 Å². The number of hydrogen-bond donors (Lipinski definition) is 2. The van der Waals surface area contributed by atoms with Gasteiger partial charge in [0.15, 0.2) is 0 Å². The van der Waals surface area contributed by atoms with Gasteiger partial charge in [0.05, 0.1) is 0 Å². The van der Waals surface area contributed by atoms with Gasteiger partial charge in [0.1, 0.15) is 0 Å². The molecule has 1 aliphatic heterocycles. The Balaban J connectivity index is 1.59. The molecule has 2 aliphatic rings. The predicted octanol–water partition coefficient (Wildman–Crippen LogP) is 3.74. The van der Waals surface area contributed by atoms with Crippen molar-refractivity contribution in [3.8, 4) is 0 Å². The van der Waals surface area contributed by atoms with Crippen molar-refractivity contribution in [1.82, 2.24) is 10.6 Å². The van der Waals surface area contributed by atoms with Gasteiger partial charge in [-0.15, -0.1) is 0 Å². The van der Waals surface area contributed by atoms with E-state index in [0.29, 0.717) is 6.04 Å². The molecule has 0 aromatic heterocycles. The Bertz CT molecular complexity index is 429. The molecular weight excluding hydrogens is 268 g/mol. The molecule has 0 bridgehead atoms. The van der Waals surface area contributed by atoms with Crippen LogP contribution < -0.4 is 10.6 Å². The van der Waals surface area contributed by atoms with Crippen LogP contribution in [0, 0.1) is 5.92 Å². The second kappa shape index (κ2) is 6.93. The van der Waals surface area contributed by atoms with Gasteiger partial charge in [-0.05, 0) is 55.8 Å². The van der Waals surface area contributed by atoms with Gasteiger partial charge >= 0.3 is 0 Å². The molecule has 20 heavy (non-hydrogen) atoms. The van der Waals surface area contributed by atoms with Crippen molar-refractivity contribution in [2.75, 3.05) is 6.54 Å². The van der Waals surface area contributed by atoms with Crippen LogP contribution in [0.4, 0.5) is 0 Å². The summed E-state index contributed by atoms with van der Waals surface area (Å²) in [5.74, 6) is 0.811. The first-order chi connectivity index (χ1) is 9.83. The molecule has 0 radical (unpaired) electrons. The van der Waals surface area contributed by atoms with Crippen LogP contribution in [0.1, 0.15) is 44.1 Å². The normalized spacial score (nSPS) is 30.6. The number of halogens is 1. The van der Waals surface area contributed by atoms with Crippen molar-refractivity contribution < 1.29 is 0 Å². The van der Waals surface area contributed by atoms with Crippen molar-refractivity contribution in [3.05, 3.63) is 34.9 Å². The molecule has 3 rings (SSSR count). The maximum Gasteiger partial charge on any atom is 0.0409 e. The number of nitrogens with one attached hydrogen (secondary N) is 2. The fraction of sp³-hybridized carbons (Fsp3) is 0.647. The first-order valence-corrected chi connectivity index (χ1v) is 8.42. The standard InChI is InChI=1S/C17H25ClN2/c18-14-6-3-5-13(11-14)12-20-17-8-2-1-7-15(17)16-9-4-10-19-16/h3,5-6,11,15-17,19-20H,1-2,4,7-10,12H2. The molecule has 0 spiro atoms. The molecule has 1 aliphatic carbocycles. The van der Waals surface area contributed by atoms with Crippen molar-refractivity contribution in [2.45, 2.75) is 57.2 Å². The van der Waals surface area contributed by atoms with E-state index < -0.39 is 0 Å². The molecule has 1 aromatic carbocycles. The van der Waals surface area contributed by atoms with Crippen LogP contribution in [0.2, 0.25) is 5.02 Å². The van der Waals surface area contributed by atoms with E-state index in [2.05, 4.69) is 22.8 Å². The minimum absolute atomic E-state index is 0.665. The molecule has 1 saturated heterocycles. The molecule has 2 nitrogen and oxygen atoms in total. The van der Waals surface area contributed by atoms with Gasteiger partial charge in [-0.3, -0.25) is 0 Å².